The molecule has 1 aliphatic heterocycles. The Morgan fingerprint density at radius 2 is 1.81 bits per heavy atom. The van der Waals surface area contributed by atoms with Gasteiger partial charge in [0, 0.05) is 11.8 Å². The number of carbonyl (C=O) groups excluding carboxylic acids is 1. The van der Waals surface area contributed by atoms with E-state index in [1.807, 2.05) is 42.2 Å². The van der Waals surface area contributed by atoms with Crippen molar-refractivity contribution in [3.63, 3.8) is 0 Å². The summed E-state index contributed by atoms with van der Waals surface area (Å²) in [6, 6.07) is 5.48. The Bertz CT molecular complexity index is 1010. The Kier molecular flexibility index (Phi) is 4.87. The predicted molar refractivity (Wildman–Crippen MR) is 117 cm³/mol. The van der Waals surface area contributed by atoms with E-state index in [9.17, 15) is 14.7 Å². The molecule has 5 rings (SSSR count). The van der Waals surface area contributed by atoms with E-state index in [0.29, 0.717) is 17.4 Å². The van der Waals surface area contributed by atoms with Gasteiger partial charge >= 0.3 is 12.2 Å². The van der Waals surface area contributed by atoms with Crippen molar-refractivity contribution in [2.75, 3.05) is 16.9 Å². The van der Waals surface area contributed by atoms with Gasteiger partial charge in [0.15, 0.2) is 0 Å². The summed E-state index contributed by atoms with van der Waals surface area (Å²) in [5, 5.41) is 14.7. The number of nitrogens with zero attached hydrogens (tertiary/aromatic N) is 4. The molecule has 2 amide bonds. The molecule has 1 aromatic heterocycles. The van der Waals surface area contributed by atoms with Crippen molar-refractivity contribution in [2.24, 2.45) is 5.92 Å². The van der Waals surface area contributed by atoms with Gasteiger partial charge in [-0.1, -0.05) is 18.9 Å². The van der Waals surface area contributed by atoms with Gasteiger partial charge < -0.3 is 9.84 Å². The lowest BCUT2D eigenvalue weighted by atomic mass is 9.87. The van der Waals surface area contributed by atoms with E-state index in [0.717, 1.165) is 49.7 Å². The fourth-order valence-electron chi connectivity index (χ4n) is 5.37. The second kappa shape index (κ2) is 7.59. The van der Waals surface area contributed by atoms with Crippen molar-refractivity contribution in [1.82, 2.24) is 9.78 Å². The molecule has 8 nitrogen and oxygen atoms in total. The highest BCUT2D eigenvalue weighted by Gasteiger charge is 2.46. The Labute approximate surface area is 181 Å². The number of aromatic nitrogens is 2. The maximum atomic E-state index is 12.7. The highest BCUT2D eigenvalue weighted by Crippen LogP contribution is 2.46. The number of hydrogen-bond donors (Lipinski definition) is 1. The first-order valence-electron chi connectivity index (χ1n) is 11.1. The van der Waals surface area contributed by atoms with Crippen LogP contribution in [0.1, 0.15) is 51.5 Å². The largest absolute Gasteiger partial charge is 0.465 e. The number of anilines is 2. The molecule has 0 saturated heterocycles. The van der Waals surface area contributed by atoms with Crippen LogP contribution in [0, 0.1) is 5.92 Å². The van der Waals surface area contributed by atoms with Crippen LogP contribution >= 0.6 is 0 Å². The van der Waals surface area contributed by atoms with Gasteiger partial charge in [-0.05, 0) is 56.2 Å². The number of benzene rings is 1. The number of fused-ring (bicyclic) bond motifs is 1. The van der Waals surface area contributed by atoms with Gasteiger partial charge in [0.2, 0.25) is 0 Å². The van der Waals surface area contributed by atoms with Crippen molar-refractivity contribution in [1.29, 1.82) is 0 Å². The highest BCUT2D eigenvalue weighted by atomic mass is 16.5. The number of hydrogen-bond acceptors (Lipinski definition) is 4. The van der Waals surface area contributed by atoms with Gasteiger partial charge in [0.25, 0.3) is 0 Å². The third kappa shape index (κ3) is 3.34. The molecule has 164 valence electrons. The second-order valence-electron chi connectivity index (χ2n) is 8.91. The standard InChI is InChI=1S/C23H28N4O4/c1-14-21(15-5-3-4-6-15)27(22(28)29)20-11-16(7-10-19(20)26(14)23(30)31-2)17-12-24-25(13-17)18-8-9-18/h7,10-15,18,21H,3-6,8-9H2,1-2H3,(H,28,29). The first kappa shape index (κ1) is 19.9. The normalized spacial score (nSPS) is 23.7. The molecular formula is C23H28N4O4. The number of amides is 2. The minimum absolute atomic E-state index is 0.215. The van der Waals surface area contributed by atoms with Crippen LogP contribution in [0.3, 0.4) is 0 Å². The zero-order chi connectivity index (χ0) is 21.7. The molecule has 31 heavy (non-hydrogen) atoms. The zero-order valence-electron chi connectivity index (χ0n) is 17.9. The van der Waals surface area contributed by atoms with E-state index in [4.69, 9.17) is 4.74 Å². The average Bonchev–Trinajstić information content (AvgIpc) is 3.25. The molecule has 2 heterocycles. The lowest BCUT2D eigenvalue weighted by molar-refractivity contribution is 0.168. The Morgan fingerprint density at radius 3 is 2.45 bits per heavy atom. The molecule has 2 saturated carbocycles. The predicted octanol–water partition coefficient (Wildman–Crippen LogP) is 4.90. The van der Waals surface area contributed by atoms with Crippen LogP contribution in [0.15, 0.2) is 30.6 Å². The third-order valence-electron chi connectivity index (χ3n) is 7.01. The molecule has 3 aliphatic rings. The summed E-state index contributed by atoms with van der Waals surface area (Å²) in [6.45, 7) is 1.92. The van der Waals surface area contributed by atoms with Gasteiger partial charge in [-0.25, -0.2) is 9.59 Å². The molecule has 0 bridgehead atoms. The third-order valence-corrected chi connectivity index (χ3v) is 7.01. The maximum Gasteiger partial charge on any atom is 0.414 e. The molecule has 2 atom stereocenters. The lowest BCUT2D eigenvalue weighted by Gasteiger charge is -2.47. The van der Waals surface area contributed by atoms with E-state index in [2.05, 4.69) is 5.10 Å². The fourth-order valence-corrected chi connectivity index (χ4v) is 5.37. The van der Waals surface area contributed by atoms with Crippen LogP contribution in [0.5, 0.6) is 0 Å². The lowest BCUT2D eigenvalue weighted by Crippen LogP contribution is -2.60. The van der Waals surface area contributed by atoms with Gasteiger partial charge in [-0.2, -0.15) is 5.10 Å². The van der Waals surface area contributed by atoms with Gasteiger partial charge in [0.1, 0.15) is 0 Å². The summed E-state index contributed by atoms with van der Waals surface area (Å²) in [4.78, 5) is 28.4. The second-order valence-corrected chi connectivity index (χ2v) is 8.91. The summed E-state index contributed by atoms with van der Waals surface area (Å²) in [5.74, 6) is 0.215. The average molecular weight is 425 g/mol. The van der Waals surface area contributed by atoms with Crippen molar-refractivity contribution in [3.8, 4) is 11.1 Å². The molecule has 2 aliphatic carbocycles. The van der Waals surface area contributed by atoms with E-state index in [1.165, 1.54) is 12.0 Å². The maximum absolute atomic E-state index is 12.7. The van der Waals surface area contributed by atoms with Crippen molar-refractivity contribution in [3.05, 3.63) is 30.6 Å². The molecule has 1 N–H and O–H groups in total. The van der Waals surface area contributed by atoms with Crippen LogP contribution in [0.4, 0.5) is 21.0 Å². The molecule has 1 aromatic carbocycles. The van der Waals surface area contributed by atoms with Crippen molar-refractivity contribution >= 4 is 23.6 Å². The fraction of sp³-hybridized carbons (Fsp3) is 0.522. The number of carboxylic acid groups (broad SMARTS) is 1. The number of carbonyl (C=O) groups is 2. The number of ether oxygens (including phenoxy) is 1. The summed E-state index contributed by atoms with van der Waals surface area (Å²) in [6.07, 6.45) is 8.80. The van der Waals surface area contributed by atoms with Crippen LogP contribution in [-0.2, 0) is 4.74 Å². The van der Waals surface area contributed by atoms with Crippen molar-refractivity contribution < 1.29 is 19.4 Å². The van der Waals surface area contributed by atoms with E-state index in [1.54, 1.807) is 4.90 Å². The molecular weight excluding hydrogens is 396 g/mol. The van der Waals surface area contributed by atoms with Gasteiger partial charge in [-0.3, -0.25) is 14.5 Å². The smallest absolute Gasteiger partial charge is 0.414 e. The topological polar surface area (TPSA) is 87.9 Å². The minimum atomic E-state index is -0.986. The molecule has 2 fully saturated rings. The highest BCUT2D eigenvalue weighted by molar-refractivity contribution is 6.02. The number of rotatable bonds is 3. The summed E-state index contributed by atoms with van der Waals surface area (Å²) in [7, 11) is 1.36. The van der Waals surface area contributed by atoms with Crippen molar-refractivity contribution in [2.45, 2.75) is 63.6 Å². The van der Waals surface area contributed by atoms with Crippen LogP contribution in [0.25, 0.3) is 11.1 Å². The first-order valence-corrected chi connectivity index (χ1v) is 11.1. The van der Waals surface area contributed by atoms with Crippen LogP contribution < -0.4 is 9.80 Å². The summed E-state index contributed by atoms with van der Waals surface area (Å²) >= 11 is 0. The monoisotopic (exact) mass is 424 g/mol. The molecule has 2 unspecified atom stereocenters. The van der Waals surface area contributed by atoms with Crippen LogP contribution in [-0.4, -0.2) is 46.3 Å². The molecule has 0 spiro atoms. The Balaban J connectivity index is 1.62. The van der Waals surface area contributed by atoms with Gasteiger partial charge in [0.05, 0.1) is 42.8 Å². The molecule has 8 heteroatoms. The van der Waals surface area contributed by atoms with Gasteiger partial charge in [-0.15, -0.1) is 0 Å². The Hall–Kier alpha value is -3.03. The summed E-state index contributed by atoms with van der Waals surface area (Å²) in [5.41, 5.74) is 2.93. The number of methoxy groups -OCH3 is 1. The first-order chi connectivity index (χ1) is 15.0. The minimum Gasteiger partial charge on any atom is -0.465 e. The molecule has 2 aromatic rings. The van der Waals surface area contributed by atoms with Crippen LogP contribution in [0.2, 0.25) is 0 Å². The quantitative estimate of drug-likeness (QED) is 0.757. The zero-order valence-corrected chi connectivity index (χ0v) is 17.9. The van der Waals surface area contributed by atoms with E-state index >= 15 is 0 Å². The Morgan fingerprint density at radius 1 is 1.06 bits per heavy atom. The molecule has 0 radical (unpaired) electrons. The SMILES string of the molecule is COC(=O)N1c2ccc(-c3cnn(C4CC4)c3)cc2N(C(=O)O)C(C2CCCC2)C1C. The van der Waals surface area contributed by atoms with E-state index < -0.39 is 12.2 Å². The summed E-state index contributed by atoms with van der Waals surface area (Å²) < 4.78 is 7.06. The van der Waals surface area contributed by atoms with E-state index in [-0.39, 0.29) is 18.0 Å².